The van der Waals surface area contributed by atoms with Crippen molar-refractivity contribution in [3.05, 3.63) is 11.6 Å². The summed E-state index contributed by atoms with van der Waals surface area (Å²) in [6.07, 6.45) is -5.41. The highest BCUT2D eigenvalue weighted by Gasteiger charge is 2.37. The van der Waals surface area contributed by atoms with Crippen LogP contribution in [0, 0.1) is 0 Å². The van der Waals surface area contributed by atoms with Crippen LogP contribution in [-0.2, 0) is 0 Å². The molecule has 1 aliphatic carbocycles. The summed E-state index contributed by atoms with van der Waals surface area (Å²) >= 11 is 0. The minimum Gasteiger partial charge on any atom is -0.392 e. The van der Waals surface area contributed by atoms with E-state index in [4.69, 9.17) is 20.4 Å². The predicted octanol–water partition coefficient (Wildman–Crippen LogP) is -1.66. The summed E-state index contributed by atoms with van der Waals surface area (Å²) in [7, 11) is 0. The van der Waals surface area contributed by atoms with Crippen LogP contribution in [0.25, 0.3) is 0 Å². The van der Waals surface area contributed by atoms with E-state index in [-0.39, 0.29) is 5.57 Å². The van der Waals surface area contributed by atoms with Crippen molar-refractivity contribution in [2.45, 2.75) is 24.5 Å². The van der Waals surface area contributed by atoms with Gasteiger partial charge in [0.1, 0.15) is 18.3 Å². The molecule has 12 heavy (non-hydrogen) atoms. The van der Waals surface area contributed by atoms with Gasteiger partial charge in [-0.2, -0.15) is 0 Å². The van der Waals surface area contributed by atoms with Crippen LogP contribution in [0.15, 0.2) is 11.6 Å². The SMILES string of the molecule is OCC1=C[C@H](O)[C@H](F)[C@@H](O)[C@H]1O. The first-order valence-electron chi connectivity index (χ1n) is 3.57. The molecule has 0 aromatic heterocycles. The first-order valence-corrected chi connectivity index (χ1v) is 3.57. The van der Waals surface area contributed by atoms with Crippen LogP contribution in [0.1, 0.15) is 0 Å². The van der Waals surface area contributed by atoms with E-state index in [9.17, 15) is 4.39 Å². The highest BCUT2D eigenvalue weighted by molar-refractivity contribution is 5.19. The third kappa shape index (κ3) is 1.49. The number of aliphatic hydroxyl groups excluding tert-OH is 4. The fraction of sp³-hybridized carbons (Fsp3) is 0.714. The molecule has 70 valence electrons. The lowest BCUT2D eigenvalue weighted by Gasteiger charge is -2.29. The van der Waals surface area contributed by atoms with Crippen LogP contribution in [0.3, 0.4) is 0 Å². The molecule has 0 amide bonds. The van der Waals surface area contributed by atoms with E-state index in [0.717, 1.165) is 6.08 Å². The van der Waals surface area contributed by atoms with E-state index in [1.807, 2.05) is 0 Å². The van der Waals surface area contributed by atoms with Gasteiger partial charge in [0.05, 0.1) is 6.61 Å². The number of alkyl halides is 1. The second kappa shape index (κ2) is 3.49. The summed E-state index contributed by atoms with van der Waals surface area (Å²) in [6, 6.07) is 0. The molecule has 4 nitrogen and oxygen atoms in total. The van der Waals surface area contributed by atoms with Crippen molar-refractivity contribution < 1.29 is 24.8 Å². The zero-order chi connectivity index (χ0) is 9.30. The van der Waals surface area contributed by atoms with E-state index in [2.05, 4.69) is 0 Å². The van der Waals surface area contributed by atoms with Crippen molar-refractivity contribution in [1.29, 1.82) is 0 Å². The van der Waals surface area contributed by atoms with Gasteiger partial charge in [-0.3, -0.25) is 0 Å². The van der Waals surface area contributed by atoms with Crippen LogP contribution in [0.5, 0.6) is 0 Å². The Labute approximate surface area is 68.6 Å². The zero-order valence-corrected chi connectivity index (χ0v) is 6.26. The highest BCUT2D eigenvalue weighted by Crippen LogP contribution is 2.21. The molecule has 4 N–H and O–H groups in total. The average molecular weight is 178 g/mol. The number of rotatable bonds is 1. The van der Waals surface area contributed by atoms with E-state index in [1.165, 1.54) is 0 Å². The molecule has 0 unspecified atom stereocenters. The molecule has 0 aromatic rings. The maximum absolute atomic E-state index is 12.7. The van der Waals surface area contributed by atoms with Crippen molar-refractivity contribution >= 4 is 0 Å². The Kier molecular flexibility index (Phi) is 2.79. The molecular formula is C7H11FO4. The molecule has 0 saturated heterocycles. The molecule has 0 bridgehead atoms. The second-order valence-corrected chi connectivity index (χ2v) is 2.77. The lowest BCUT2D eigenvalue weighted by atomic mass is 9.91. The smallest absolute Gasteiger partial charge is 0.158 e. The summed E-state index contributed by atoms with van der Waals surface area (Å²) in [5.74, 6) is 0. The molecule has 0 saturated carbocycles. The minimum atomic E-state index is -1.89. The number of halogens is 1. The highest BCUT2D eigenvalue weighted by atomic mass is 19.1. The quantitative estimate of drug-likeness (QED) is 0.362. The van der Waals surface area contributed by atoms with Gasteiger partial charge in [0.25, 0.3) is 0 Å². The molecule has 0 heterocycles. The molecule has 0 spiro atoms. The average Bonchev–Trinajstić information content (AvgIpc) is 2.08. The van der Waals surface area contributed by atoms with E-state index >= 15 is 0 Å². The summed E-state index contributed by atoms with van der Waals surface area (Å²) in [5, 5.41) is 35.6. The predicted molar refractivity (Wildman–Crippen MR) is 38.1 cm³/mol. The summed E-state index contributed by atoms with van der Waals surface area (Å²) in [4.78, 5) is 0. The van der Waals surface area contributed by atoms with Crippen LogP contribution in [0.2, 0.25) is 0 Å². The van der Waals surface area contributed by atoms with Crippen molar-refractivity contribution in [1.82, 2.24) is 0 Å². The van der Waals surface area contributed by atoms with Gasteiger partial charge in [0, 0.05) is 0 Å². The molecular weight excluding hydrogens is 167 g/mol. The van der Waals surface area contributed by atoms with E-state index in [0.29, 0.717) is 0 Å². The van der Waals surface area contributed by atoms with Gasteiger partial charge in [-0.05, 0) is 11.6 Å². The molecule has 0 radical (unpaired) electrons. The number of hydrogen-bond acceptors (Lipinski definition) is 4. The molecule has 5 heteroatoms. The minimum absolute atomic E-state index is 0.0453. The van der Waals surface area contributed by atoms with Crippen molar-refractivity contribution in [2.24, 2.45) is 0 Å². The Morgan fingerprint density at radius 1 is 1.33 bits per heavy atom. The van der Waals surface area contributed by atoms with Crippen LogP contribution in [0.4, 0.5) is 4.39 Å². The monoisotopic (exact) mass is 178 g/mol. The molecule has 1 aliphatic rings. The van der Waals surface area contributed by atoms with Crippen molar-refractivity contribution in [2.75, 3.05) is 6.61 Å². The van der Waals surface area contributed by atoms with Gasteiger partial charge in [-0.15, -0.1) is 0 Å². The maximum atomic E-state index is 12.7. The summed E-state index contributed by atoms with van der Waals surface area (Å²) in [5.41, 5.74) is 0.0453. The van der Waals surface area contributed by atoms with Gasteiger partial charge in [-0.25, -0.2) is 4.39 Å². The number of hydrogen-bond donors (Lipinski definition) is 4. The Morgan fingerprint density at radius 2 is 1.92 bits per heavy atom. The largest absolute Gasteiger partial charge is 0.392 e. The third-order valence-corrected chi connectivity index (χ3v) is 1.92. The first kappa shape index (κ1) is 9.60. The topological polar surface area (TPSA) is 80.9 Å². The molecule has 0 aliphatic heterocycles. The van der Waals surface area contributed by atoms with Gasteiger partial charge < -0.3 is 20.4 Å². The lowest BCUT2D eigenvalue weighted by molar-refractivity contribution is -0.0602. The second-order valence-electron chi connectivity index (χ2n) is 2.77. The van der Waals surface area contributed by atoms with Gasteiger partial charge >= 0.3 is 0 Å². The normalized spacial score (nSPS) is 42.6. The van der Waals surface area contributed by atoms with Gasteiger partial charge in [0.2, 0.25) is 0 Å². The van der Waals surface area contributed by atoms with Gasteiger partial charge in [-0.1, -0.05) is 0 Å². The maximum Gasteiger partial charge on any atom is 0.158 e. The Balaban J connectivity index is 2.84. The Morgan fingerprint density at radius 3 is 2.42 bits per heavy atom. The molecule has 1 rings (SSSR count). The standard InChI is InChI=1S/C7H11FO4/c8-5-4(10)1-3(2-9)6(11)7(5)12/h1,4-7,9-12H,2H2/t4-,5-,6-,7+/m0/s1. The Bertz CT molecular complexity index is 194. The fourth-order valence-electron chi connectivity index (χ4n) is 1.15. The van der Waals surface area contributed by atoms with E-state index < -0.39 is 31.1 Å². The lowest BCUT2D eigenvalue weighted by Crippen LogP contribution is -2.46. The van der Waals surface area contributed by atoms with Gasteiger partial charge in [0.15, 0.2) is 6.17 Å². The molecule has 0 fully saturated rings. The summed E-state index contributed by atoms with van der Waals surface area (Å²) < 4.78 is 12.7. The van der Waals surface area contributed by atoms with Crippen LogP contribution in [-0.4, -0.2) is 51.5 Å². The Hall–Kier alpha value is -0.490. The number of aliphatic hydroxyl groups is 4. The zero-order valence-electron chi connectivity index (χ0n) is 6.26. The first-order chi connectivity index (χ1) is 5.57. The molecule has 4 atom stereocenters. The van der Waals surface area contributed by atoms with Crippen molar-refractivity contribution in [3.8, 4) is 0 Å². The van der Waals surface area contributed by atoms with Crippen LogP contribution < -0.4 is 0 Å². The summed E-state index contributed by atoms with van der Waals surface area (Å²) in [6.45, 7) is -0.498. The van der Waals surface area contributed by atoms with Crippen LogP contribution >= 0.6 is 0 Å². The van der Waals surface area contributed by atoms with E-state index in [1.54, 1.807) is 0 Å². The van der Waals surface area contributed by atoms with Crippen molar-refractivity contribution in [3.63, 3.8) is 0 Å². The fourth-order valence-corrected chi connectivity index (χ4v) is 1.15. The third-order valence-electron chi connectivity index (χ3n) is 1.92. The molecule has 0 aromatic carbocycles.